The maximum atomic E-state index is 12.5. The van der Waals surface area contributed by atoms with E-state index in [4.69, 9.17) is 9.15 Å². The zero-order valence-corrected chi connectivity index (χ0v) is 16.6. The summed E-state index contributed by atoms with van der Waals surface area (Å²) in [5, 5.41) is 1.27. The molecule has 0 aliphatic heterocycles. The minimum absolute atomic E-state index is 0.0519. The summed E-state index contributed by atoms with van der Waals surface area (Å²) >= 11 is 1.47. The van der Waals surface area contributed by atoms with Gasteiger partial charge in [-0.3, -0.25) is 9.36 Å². The van der Waals surface area contributed by atoms with Crippen LogP contribution >= 0.6 is 11.8 Å². The lowest BCUT2D eigenvalue weighted by Gasteiger charge is -2.07. The maximum Gasteiger partial charge on any atom is 0.261 e. The molecule has 2 heterocycles. The molecule has 0 saturated heterocycles. The largest absolute Gasteiger partial charge is 0.497 e. The molecule has 0 amide bonds. The Morgan fingerprint density at radius 3 is 2.61 bits per heavy atom. The van der Waals surface area contributed by atoms with Crippen LogP contribution in [0.5, 0.6) is 5.75 Å². The number of thioether (sulfide) groups is 1. The van der Waals surface area contributed by atoms with Crippen molar-refractivity contribution in [3.8, 4) is 17.2 Å². The molecule has 28 heavy (non-hydrogen) atoms. The number of ether oxygens (including phenoxy) is 1. The molecule has 0 atom stereocenters. The molecule has 4 rings (SSSR count). The van der Waals surface area contributed by atoms with Gasteiger partial charge in [0.15, 0.2) is 5.16 Å². The van der Waals surface area contributed by atoms with Crippen LogP contribution in [0.3, 0.4) is 0 Å². The predicted molar refractivity (Wildman–Crippen MR) is 110 cm³/mol. The second kappa shape index (κ2) is 7.52. The molecule has 0 fully saturated rings. The van der Waals surface area contributed by atoms with Crippen LogP contribution in [0.1, 0.15) is 11.5 Å². The standard InChI is InChI=1S/C21H19N3O3S/c1-13-18(22-19(27-13)14-8-10-15(26-3)11-9-14)12-28-21-23-17-7-5-4-6-16(17)20(25)24(21)2/h4-11H,12H2,1-3H3. The lowest BCUT2D eigenvalue weighted by atomic mass is 10.2. The summed E-state index contributed by atoms with van der Waals surface area (Å²) in [6.45, 7) is 1.89. The Bertz CT molecular complexity index is 1200. The Hall–Kier alpha value is -3.06. The molecule has 0 saturated carbocycles. The van der Waals surface area contributed by atoms with Crippen LogP contribution in [0.4, 0.5) is 0 Å². The van der Waals surface area contributed by atoms with Gasteiger partial charge in [0.1, 0.15) is 11.5 Å². The second-order valence-corrected chi connectivity index (χ2v) is 7.26. The van der Waals surface area contributed by atoms with Crippen molar-refractivity contribution in [2.45, 2.75) is 17.8 Å². The number of methoxy groups -OCH3 is 1. The van der Waals surface area contributed by atoms with Gasteiger partial charge in [0, 0.05) is 18.4 Å². The normalized spacial score (nSPS) is 11.1. The first-order valence-electron chi connectivity index (χ1n) is 8.76. The molecule has 2 aromatic carbocycles. The van der Waals surface area contributed by atoms with Crippen molar-refractivity contribution in [1.29, 1.82) is 0 Å². The Labute approximate surface area is 166 Å². The lowest BCUT2D eigenvalue weighted by Crippen LogP contribution is -2.19. The van der Waals surface area contributed by atoms with Gasteiger partial charge in [-0.05, 0) is 43.3 Å². The van der Waals surface area contributed by atoms with E-state index in [2.05, 4.69) is 9.97 Å². The van der Waals surface area contributed by atoms with Gasteiger partial charge in [0.2, 0.25) is 5.89 Å². The van der Waals surface area contributed by atoms with Gasteiger partial charge in [-0.15, -0.1) is 0 Å². The SMILES string of the molecule is COc1ccc(-c2nc(CSc3nc4ccccc4c(=O)n3C)c(C)o2)cc1. The van der Waals surface area contributed by atoms with Crippen LogP contribution in [0.2, 0.25) is 0 Å². The average Bonchev–Trinajstić information content (AvgIpc) is 3.10. The fourth-order valence-corrected chi connectivity index (χ4v) is 3.85. The van der Waals surface area contributed by atoms with E-state index in [1.54, 1.807) is 24.8 Å². The molecule has 142 valence electrons. The van der Waals surface area contributed by atoms with Gasteiger partial charge in [0.25, 0.3) is 5.56 Å². The maximum absolute atomic E-state index is 12.5. The van der Waals surface area contributed by atoms with E-state index < -0.39 is 0 Å². The van der Waals surface area contributed by atoms with Crippen LogP contribution in [0.15, 0.2) is 62.9 Å². The summed E-state index contributed by atoms with van der Waals surface area (Å²) in [7, 11) is 3.37. The minimum atomic E-state index is -0.0519. The number of oxazole rings is 1. The van der Waals surface area contributed by atoms with Crippen LogP contribution in [-0.2, 0) is 12.8 Å². The number of nitrogens with zero attached hydrogens (tertiary/aromatic N) is 3. The number of hydrogen-bond donors (Lipinski definition) is 0. The van der Waals surface area contributed by atoms with Gasteiger partial charge < -0.3 is 9.15 Å². The van der Waals surface area contributed by atoms with E-state index in [1.165, 1.54) is 11.8 Å². The fourth-order valence-electron chi connectivity index (χ4n) is 2.88. The summed E-state index contributed by atoms with van der Waals surface area (Å²) in [6.07, 6.45) is 0. The molecule has 0 bridgehead atoms. The third kappa shape index (κ3) is 3.41. The zero-order chi connectivity index (χ0) is 19.7. The average molecular weight is 393 g/mol. The molecule has 7 heteroatoms. The number of para-hydroxylation sites is 1. The smallest absolute Gasteiger partial charge is 0.261 e. The highest BCUT2D eigenvalue weighted by Gasteiger charge is 2.14. The molecule has 0 radical (unpaired) electrons. The van der Waals surface area contributed by atoms with E-state index in [0.29, 0.717) is 27.7 Å². The van der Waals surface area contributed by atoms with Crippen molar-refractivity contribution < 1.29 is 9.15 Å². The molecule has 4 aromatic rings. The third-order valence-corrected chi connectivity index (χ3v) is 5.55. The van der Waals surface area contributed by atoms with Crippen LogP contribution in [-0.4, -0.2) is 21.6 Å². The van der Waals surface area contributed by atoms with E-state index in [-0.39, 0.29) is 5.56 Å². The first-order valence-corrected chi connectivity index (χ1v) is 9.74. The number of hydrogen-bond acceptors (Lipinski definition) is 6. The van der Waals surface area contributed by atoms with Crippen molar-refractivity contribution in [3.05, 3.63) is 70.3 Å². The Balaban J connectivity index is 1.59. The first-order chi connectivity index (χ1) is 13.6. The summed E-state index contributed by atoms with van der Waals surface area (Å²) < 4.78 is 12.6. The molecule has 2 aromatic heterocycles. The highest BCUT2D eigenvalue weighted by atomic mass is 32.2. The summed E-state index contributed by atoms with van der Waals surface area (Å²) in [6, 6.07) is 14.9. The number of aromatic nitrogens is 3. The van der Waals surface area contributed by atoms with Gasteiger partial charge in [-0.25, -0.2) is 9.97 Å². The number of rotatable bonds is 5. The Morgan fingerprint density at radius 1 is 1.11 bits per heavy atom. The van der Waals surface area contributed by atoms with E-state index in [0.717, 1.165) is 22.8 Å². The molecule has 0 N–H and O–H groups in total. The van der Waals surface area contributed by atoms with Crippen LogP contribution in [0, 0.1) is 6.92 Å². The van der Waals surface area contributed by atoms with Crippen molar-refractivity contribution in [2.75, 3.05) is 7.11 Å². The number of aryl methyl sites for hydroxylation is 1. The number of fused-ring (bicyclic) bond motifs is 1. The molecule has 6 nitrogen and oxygen atoms in total. The highest BCUT2D eigenvalue weighted by Crippen LogP contribution is 2.28. The van der Waals surface area contributed by atoms with E-state index in [1.807, 2.05) is 49.4 Å². The van der Waals surface area contributed by atoms with Crippen molar-refractivity contribution in [1.82, 2.24) is 14.5 Å². The molecular formula is C21H19N3O3S. The van der Waals surface area contributed by atoms with E-state index >= 15 is 0 Å². The van der Waals surface area contributed by atoms with Crippen molar-refractivity contribution >= 4 is 22.7 Å². The van der Waals surface area contributed by atoms with Crippen LogP contribution in [0.25, 0.3) is 22.4 Å². The monoisotopic (exact) mass is 393 g/mol. The Kier molecular flexibility index (Phi) is 4.92. The first kappa shape index (κ1) is 18.3. The quantitative estimate of drug-likeness (QED) is 0.374. The van der Waals surface area contributed by atoms with Gasteiger partial charge >= 0.3 is 0 Å². The molecule has 0 aliphatic rings. The zero-order valence-electron chi connectivity index (χ0n) is 15.8. The fraction of sp³-hybridized carbons (Fsp3) is 0.190. The molecular weight excluding hydrogens is 374 g/mol. The van der Waals surface area contributed by atoms with Crippen LogP contribution < -0.4 is 10.3 Å². The Morgan fingerprint density at radius 2 is 1.86 bits per heavy atom. The summed E-state index contributed by atoms with van der Waals surface area (Å²) in [5.74, 6) is 2.66. The van der Waals surface area contributed by atoms with Crippen molar-refractivity contribution in [3.63, 3.8) is 0 Å². The van der Waals surface area contributed by atoms with Gasteiger partial charge in [0.05, 0.1) is 23.7 Å². The minimum Gasteiger partial charge on any atom is -0.497 e. The molecule has 0 aliphatic carbocycles. The summed E-state index contributed by atoms with van der Waals surface area (Å²) in [4.78, 5) is 21.8. The predicted octanol–water partition coefficient (Wildman–Crippen LogP) is 4.20. The van der Waals surface area contributed by atoms with E-state index in [9.17, 15) is 4.79 Å². The summed E-state index contributed by atoms with van der Waals surface area (Å²) in [5.41, 5.74) is 2.36. The molecule has 0 spiro atoms. The highest BCUT2D eigenvalue weighted by molar-refractivity contribution is 7.98. The third-order valence-electron chi connectivity index (χ3n) is 4.51. The molecule has 0 unspecified atom stereocenters. The van der Waals surface area contributed by atoms with Crippen molar-refractivity contribution in [2.24, 2.45) is 7.05 Å². The lowest BCUT2D eigenvalue weighted by molar-refractivity contribution is 0.415. The second-order valence-electron chi connectivity index (χ2n) is 6.31. The van der Waals surface area contributed by atoms with Gasteiger partial charge in [-0.1, -0.05) is 23.9 Å². The van der Waals surface area contributed by atoms with Gasteiger partial charge in [-0.2, -0.15) is 0 Å². The number of benzene rings is 2. The topological polar surface area (TPSA) is 70.2 Å².